The number of fused-ring (bicyclic) bond motifs is 1. The summed E-state index contributed by atoms with van der Waals surface area (Å²) in [4.78, 5) is 38.9. The number of nitrogens with zero attached hydrogens (tertiary/aromatic N) is 1. The molecule has 0 aliphatic carbocycles. The smallest absolute Gasteiger partial charge is 0.326 e. The molecule has 0 radical (unpaired) electrons. The first-order chi connectivity index (χ1) is 11.6. The van der Waals surface area contributed by atoms with Crippen LogP contribution in [0.15, 0.2) is 53.5 Å². The van der Waals surface area contributed by atoms with E-state index >= 15 is 0 Å². The number of pyridine rings is 1. The molecule has 0 atom stereocenters. The predicted octanol–water partition coefficient (Wildman–Crippen LogP) is 2.06. The number of hydrogen-bond donors (Lipinski definition) is 1. The number of esters is 1. The Morgan fingerprint density at radius 3 is 2.67 bits per heavy atom. The van der Waals surface area contributed by atoms with Crippen LogP contribution in [0.5, 0.6) is 0 Å². The number of Topliss-reactive ketones (excluding diaryl/α,β-unsaturated/α-hetero) is 1. The van der Waals surface area contributed by atoms with E-state index in [1.807, 2.05) is 24.3 Å². The third kappa shape index (κ3) is 3.12. The summed E-state index contributed by atoms with van der Waals surface area (Å²) in [5.74, 6) is -0.909. The Kier molecular flexibility index (Phi) is 4.29. The summed E-state index contributed by atoms with van der Waals surface area (Å²) in [5.41, 5.74) is 1.82. The SMILES string of the molecule is Cc1[nH]c2ccccc2c1C(=O)COC(=O)Cn1ccccc1=O. The first-order valence-electron chi connectivity index (χ1n) is 7.48. The van der Waals surface area contributed by atoms with Gasteiger partial charge in [0.1, 0.15) is 6.54 Å². The molecule has 2 aromatic heterocycles. The Bertz CT molecular complexity index is 968. The number of aromatic nitrogens is 2. The number of carbonyl (C=O) groups is 2. The van der Waals surface area contributed by atoms with Gasteiger partial charge in [-0.1, -0.05) is 24.3 Å². The number of aryl methyl sites for hydroxylation is 1. The molecule has 1 aromatic carbocycles. The molecule has 3 aromatic rings. The van der Waals surface area contributed by atoms with Crippen LogP contribution in [-0.4, -0.2) is 27.9 Å². The Labute approximate surface area is 137 Å². The van der Waals surface area contributed by atoms with Gasteiger partial charge in [-0.2, -0.15) is 0 Å². The molecule has 0 bridgehead atoms. The van der Waals surface area contributed by atoms with Crippen LogP contribution < -0.4 is 5.56 Å². The normalized spacial score (nSPS) is 10.7. The first kappa shape index (κ1) is 15.7. The van der Waals surface area contributed by atoms with Gasteiger partial charge in [-0.3, -0.25) is 14.4 Å². The van der Waals surface area contributed by atoms with Crippen molar-refractivity contribution in [1.29, 1.82) is 0 Å². The molecule has 0 saturated carbocycles. The van der Waals surface area contributed by atoms with Crippen molar-refractivity contribution >= 4 is 22.7 Å². The highest BCUT2D eigenvalue weighted by molar-refractivity contribution is 6.10. The maximum Gasteiger partial charge on any atom is 0.326 e. The molecule has 0 fully saturated rings. The summed E-state index contributed by atoms with van der Waals surface area (Å²) in [5, 5.41) is 0.801. The first-order valence-corrected chi connectivity index (χ1v) is 7.48. The van der Waals surface area contributed by atoms with Gasteiger partial charge in [0.15, 0.2) is 6.61 Å². The van der Waals surface area contributed by atoms with Crippen molar-refractivity contribution in [3.05, 3.63) is 70.3 Å². The van der Waals surface area contributed by atoms with E-state index < -0.39 is 5.97 Å². The number of para-hydroxylation sites is 1. The van der Waals surface area contributed by atoms with Crippen molar-refractivity contribution in [2.75, 3.05) is 6.61 Å². The van der Waals surface area contributed by atoms with Gasteiger partial charge < -0.3 is 14.3 Å². The Balaban J connectivity index is 1.69. The van der Waals surface area contributed by atoms with Crippen LogP contribution in [0.25, 0.3) is 10.9 Å². The summed E-state index contributed by atoms with van der Waals surface area (Å²) in [6.45, 7) is 1.22. The van der Waals surface area contributed by atoms with Crippen LogP contribution in [0, 0.1) is 6.92 Å². The number of carbonyl (C=O) groups excluding carboxylic acids is 2. The molecule has 1 N–H and O–H groups in total. The van der Waals surface area contributed by atoms with Crippen molar-refractivity contribution < 1.29 is 14.3 Å². The average molecular weight is 324 g/mol. The van der Waals surface area contributed by atoms with Crippen molar-refractivity contribution in [2.45, 2.75) is 13.5 Å². The highest BCUT2D eigenvalue weighted by Crippen LogP contribution is 2.22. The number of H-pyrrole nitrogens is 1. The summed E-state index contributed by atoms with van der Waals surface area (Å²) in [7, 11) is 0. The third-order valence-corrected chi connectivity index (χ3v) is 3.74. The molecular formula is C18H16N2O4. The van der Waals surface area contributed by atoms with E-state index in [0.717, 1.165) is 16.6 Å². The van der Waals surface area contributed by atoms with Crippen LogP contribution in [0.3, 0.4) is 0 Å². The van der Waals surface area contributed by atoms with Gasteiger partial charge >= 0.3 is 5.97 Å². The highest BCUT2D eigenvalue weighted by atomic mass is 16.5. The van der Waals surface area contributed by atoms with E-state index in [9.17, 15) is 14.4 Å². The number of benzene rings is 1. The number of ketones is 1. The van der Waals surface area contributed by atoms with Crippen molar-refractivity contribution in [2.24, 2.45) is 0 Å². The molecule has 24 heavy (non-hydrogen) atoms. The van der Waals surface area contributed by atoms with E-state index in [0.29, 0.717) is 5.56 Å². The lowest BCUT2D eigenvalue weighted by Crippen LogP contribution is -2.25. The van der Waals surface area contributed by atoms with E-state index in [1.54, 1.807) is 19.1 Å². The molecule has 2 heterocycles. The molecule has 0 aliphatic rings. The van der Waals surface area contributed by atoms with Crippen LogP contribution in [0.4, 0.5) is 0 Å². The molecule has 3 rings (SSSR count). The second kappa shape index (κ2) is 6.54. The van der Waals surface area contributed by atoms with Gasteiger partial charge in [0, 0.05) is 34.4 Å². The van der Waals surface area contributed by atoms with E-state index in [-0.39, 0.29) is 24.5 Å². The van der Waals surface area contributed by atoms with Crippen LogP contribution in [-0.2, 0) is 16.1 Å². The lowest BCUT2D eigenvalue weighted by atomic mass is 10.1. The second-order valence-corrected chi connectivity index (χ2v) is 5.42. The zero-order valence-electron chi connectivity index (χ0n) is 13.1. The Morgan fingerprint density at radius 2 is 1.88 bits per heavy atom. The number of ether oxygens (including phenoxy) is 1. The summed E-state index contributed by atoms with van der Waals surface area (Å²) >= 11 is 0. The lowest BCUT2D eigenvalue weighted by Gasteiger charge is -2.06. The summed E-state index contributed by atoms with van der Waals surface area (Å²) in [6.07, 6.45) is 1.50. The fourth-order valence-corrected chi connectivity index (χ4v) is 2.63. The van der Waals surface area contributed by atoms with Crippen molar-refractivity contribution in [3.63, 3.8) is 0 Å². The Hall–Kier alpha value is -3.15. The van der Waals surface area contributed by atoms with E-state index in [1.165, 1.54) is 16.8 Å². The molecule has 0 spiro atoms. The summed E-state index contributed by atoms with van der Waals surface area (Å²) < 4.78 is 6.25. The quantitative estimate of drug-likeness (QED) is 0.575. The molecule has 122 valence electrons. The van der Waals surface area contributed by atoms with Gasteiger partial charge in [0.05, 0.1) is 0 Å². The maximum absolute atomic E-state index is 12.4. The minimum Gasteiger partial charge on any atom is -0.456 e. The zero-order valence-corrected chi connectivity index (χ0v) is 13.1. The number of rotatable bonds is 5. The van der Waals surface area contributed by atoms with Gasteiger partial charge in [-0.25, -0.2) is 0 Å². The van der Waals surface area contributed by atoms with Gasteiger partial charge in [-0.15, -0.1) is 0 Å². The number of aromatic amines is 1. The molecule has 0 aliphatic heterocycles. The monoisotopic (exact) mass is 324 g/mol. The molecule has 6 heteroatoms. The van der Waals surface area contributed by atoms with Crippen LogP contribution >= 0.6 is 0 Å². The zero-order chi connectivity index (χ0) is 17.1. The molecule has 6 nitrogen and oxygen atoms in total. The third-order valence-electron chi connectivity index (χ3n) is 3.74. The van der Waals surface area contributed by atoms with Crippen LogP contribution in [0.1, 0.15) is 16.1 Å². The molecule has 0 unspecified atom stereocenters. The maximum atomic E-state index is 12.4. The highest BCUT2D eigenvalue weighted by Gasteiger charge is 2.17. The topological polar surface area (TPSA) is 81.2 Å². The lowest BCUT2D eigenvalue weighted by molar-refractivity contribution is -0.143. The molecular weight excluding hydrogens is 308 g/mol. The van der Waals surface area contributed by atoms with E-state index in [4.69, 9.17) is 4.74 Å². The second-order valence-electron chi connectivity index (χ2n) is 5.42. The standard InChI is InChI=1S/C18H16N2O4/c1-12-18(13-6-2-3-7-14(13)19-12)15(21)11-24-17(23)10-20-9-5-4-8-16(20)22/h2-9,19H,10-11H2,1H3. The molecule has 0 amide bonds. The van der Waals surface area contributed by atoms with Gasteiger partial charge in [-0.05, 0) is 19.1 Å². The van der Waals surface area contributed by atoms with Gasteiger partial charge in [0.25, 0.3) is 5.56 Å². The van der Waals surface area contributed by atoms with Gasteiger partial charge in [0.2, 0.25) is 5.78 Å². The number of nitrogens with one attached hydrogen (secondary N) is 1. The Morgan fingerprint density at radius 1 is 1.12 bits per heavy atom. The summed E-state index contributed by atoms with van der Waals surface area (Å²) in [6, 6.07) is 12.0. The van der Waals surface area contributed by atoms with E-state index in [2.05, 4.69) is 4.98 Å². The van der Waals surface area contributed by atoms with Crippen LogP contribution in [0.2, 0.25) is 0 Å². The van der Waals surface area contributed by atoms with Crippen molar-refractivity contribution in [3.8, 4) is 0 Å². The fraction of sp³-hybridized carbons (Fsp3) is 0.167. The fourth-order valence-electron chi connectivity index (χ4n) is 2.63. The van der Waals surface area contributed by atoms with Crippen molar-refractivity contribution in [1.82, 2.24) is 9.55 Å². The minimum absolute atomic E-state index is 0.222. The molecule has 0 saturated heterocycles. The largest absolute Gasteiger partial charge is 0.456 e. The number of hydrogen-bond acceptors (Lipinski definition) is 4. The minimum atomic E-state index is -0.630. The average Bonchev–Trinajstić information content (AvgIpc) is 2.90. The predicted molar refractivity (Wildman–Crippen MR) is 89.0 cm³/mol.